The van der Waals surface area contributed by atoms with Gasteiger partial charge in [0.05, 0.1) is 10.9 Å². The zero-order valence-corrected chi connectivity index (χ0v) is 18.1. The van der Waals surface area contributed by atoms with Crippen LogP contribution < -0.4 is 10.9 Å². The summed E-state index contributed by atoms with van der Waals surface area (Å²) in [6, 6.07) is 17.6. The molecule has 2 N–H and O–H groups in total. The predicted octanol–water partition coefficient (Wildman–Crippen LogP) is 2.51. The van der Waals surface area contributed by atoms with Crippen LogP contribution in [0.1, 0.15) is 25.2 Å². The van der Waals surface area contributed by atoms with E-state index in [1.165, 1.54) is 5.56 Å². The van der Waals surface area contributed by atoms with Gasteiger partial charge in [-0.2, -0.15) is 0 Å². The second-order valence-corrected chi connectivity index (χ2v) is 7.39. The van der Waals surface area contributed by atoms with E-state index in [0.717, 1.165) is 19.5 Å². The van der Waals surface area contributed by atoms with Gasteiger partial charge in [-0.05, 0) is 37.2 Å². The molecule has 0 fully saturated rings. The van der Waals surface area contributed by atoms with Crippen LogP contribution in [-0.4, -0.2) is 53.1 Å². The summed E-state index contributed by atoms with van der Waals surface area (Å²) in [7, 11) is 0. The first-order chi connectivity index (χ1) is 15.1. The van der Waals surface area contributed by atoms with Gasteiger partial charge in [0, 0.05) is 12.6 Å². The third kappa shape index (κ3) is 6.47. The lowest BCUT2D eigenvalue weighted by Gasteiger charge is -2.30. The number of likely N-dealkylation sites (N-methyl/N-ethyl adjacent to an activating group) is 1. The highest BCUT2D eigenvalue weighted by molar-refractivity contribution is 5.77. The second kappa shape index (κ2) is 11.4. The fourth-order valence-corrected chi connectivity index (χ4v) is 3.68. The Morgan fingerprint density at radius 1 is 1.10 bits per heavy atom. The van der Waals surface area contributed by atoms with Crippen molar-refractivity contribution in [2.75, 3.05) is 26.2 Å². The number of benzene rings is 2. The van der Waals surface area contributed by atoms with Gasteiger partial charge in [0.15, 0.2) is 0 Å². The van der Waals surface area contributed by atoms with Crippen molar-refractivity contribution in [2.45, 2.75) is 32.9 Å². The highest BCUT2D eigenvalue weighted by Crippen LogP contribution is 2.09. The molecule has 0 saturated carbocycles. The summed E-state index contributed by atoms with van der Waals surface area (Å²) >= 11 is 0. The maximum absolute atomic E-state index is 12.3. The number of aromatic amines is 1. The molecule has 1 aromatic heterocycles. The van der Waals surface area contributed by atoms with E-state index in [1.807, 2.05) is 24.3 Å². The summed E-state index contributed by atoms with van der Waals surface area (Å²) in [5.74, 6) is 0.218. The molecule has 1 amide bonds. The molecule has 1 atom stereocenters. The number of carbonyl (C=O) groups excluding carboxylic acids is 1. The van der Waals surface area contributed by atoms with E-state index >= 15 is 0 Å². The van der Waals surface area contributed by atoms with Crippen molar-refractivity contribution in [3.63, 3.8) is 0 Å². The summed E-state index contributed by atoms with van der Waals surface area (Å²) in [5.41, 5.74) is 1.64. The normalized spacial score (nSPS) is 12.2. The lowest BCUT2D eigenvalue weighted by molar-refractivity contribution is -0.126. The lowest BCUT2D eigenvalue weighted by Crippen LogP contribution is -2.45. The summed E-state index contributed by atoms with van der Waals surface area (Å²) in [6.45, 7) is 6.61. The number of rotatable bonds is 11. The number of carbonyl (C=O) groups is 1. The van der Waals surface area contributed by atoms with Gasteiger partial charge in [-0.15, -0.1) is 0 Å². The molecular weight excluding hydrogens is 392 g/mol. The molecule has 0 spiro atoms. The molecule has 0 saturated heterocycles. The molecule has 7 heteroatoms. The largest absolute Gasteiger partial charge is 0.364 e. The maximum atomic E-state index is 12.3. The Bertz CT molecular complexity index is 1030. The summed E-state index contributed by atoms with van der Waals surface area (Å²) < 4.78 is 5.49. The van der Waals surface area contributed by atoms with Gasteiger partial charge in [0.1, 0.15) is 19.0 Å². The number of H-pyrrole nitrogens is 1. The fraction of sp³-hybridized carbons (Fsp3) is 0.375. The van der Waals surface area contributed by atoms with Crippen molar-refractivity contribution in [3.8, 4) is 0 Å². The van der Waals surface area contributed by atoms with Crippen LogP contribution in [0.25, 0.3) is 10.9 Å². The second-order valence-electron chi connectivity index (χ2n) is 7.39. The van der Waals surface area contributed by atoms with Crippen LogP contribution in [0, 0.1) is 0 Å². The number of nitrogens with zero attached hydrogens (tertiary/aromatic N) is 2. The Kier molecular flexibility index (Phi) is 8.32. The monoisotopic (exact) mass is 422 g/mol. The van der Waals surface area contributed by atoms with Crippen LogP contribution in [0.15, 0.2) is 59.4 Å². The molecule has 31 heavy (non-hydrogen) atoms. The van der Waals surface area contributed by atoms with Crippen LogP contribution in [0.4, 0.5) is 0 Å². The number of amides is 1. The van der Waals surface area contributed by atoms with Crippen molar-refractivity contribution in [3.05, 3.63) is 76.3 Å². The Morgan fingerprint density at radius 2 is 1.81 bits per heavy atom. The molecule has 2 aromatic carbocycles. The minimum Gasteiger partial charge on any atom is -0.364 e. The van der Waals surface area contributed by atoms with Crippen LogP contribution >= 0.6 is 0 Å². The molecule has 164 valence electrons. The molecule has 3 aromatic rings. The van der Waals surface area contributed by atoms with Crippen LogP contribution in [0.3, 0.4) is 0 Å². The van der Waals surface area contributed by atoms with Crippen LogP contribution in [0.2, 0.25) is 0 Å². The van der Waals surface area contributed by atoms with Gasteiger partial charge >= 0.3 is 0 Å². The van der Waals surface area contributed by atoms with E-state index in [1.54, 1.807) is 18.2 Å². The Morgan fingerprint density at radius 3 is 2.55 bits per heavy atom. The van der Waals surface area contributed by atoms with E-state index in [-0.39, 0.29) is 30.7 Å². The number of hydrogen-bond donors (Lipinski definition) is 2. The molecule has 0 radical (unpaired) electrons. The molecule has 0 aliphatic heterocycles. The van der Waals surface area contributed by atoms with Gasteiger partial charge in [-0.3, -0.25) is 14.5 Å². The standard InChI is InChI=1S/C24H30N4O3/c1-3-28(4-2)19(14-18-10-6-5-7-11-18)15-25-23(29)17-31-16-22-26-21-13-9-8-12-20(21)24(30)27-22/h5-13,19H,3-4,14-17H2,1-2H3,(H,25,29)(H,26,27,30)/t19-/m0/s1. The van der Waals surface area contributed by atoms with E-state index in [9.17, 15) is 9.59 Å². The first-order valence-corrected chi connectivity index (χ1v) is 10.7. The Hall–Kier alpha value is -3.03. The first-order valence-electron chi connectivity index (χ1n) is 10.7. The quantitative estimate of drug-likeness (QED) is 0.496. The highest BCUT2D eigenvalue weighted by atomic mass is 16.5. The van der Waals surface area contributed by atoms with Crippen molar-refractivity contribution in [1.82, 2.24) is 20.2 Å². The molecule has 0 aliphatic carbocycles. The number of fused-ring (bicyclic) bond motifs is 1. The average molecular weight is 423 g/mol. The third-order valence-electron chi connectivity index (χ3n) is 5.31. The first kappa shape index (κ1) is 22.7. The molecule has 0 bridgehead atoms. The molecular formula is C24H30N4O3. The smallest absolute Gasteiger partial charge is 0.258 e. The topological polar surface area (TPSA) is 87.3 Å². The zero-order valence-electron chi connectivity index (χ0n) is 18.1. The summed E-state index contributed by atoms with van der Waals surface area (Å²) in [4.78, 5) is 33.9. The summed E-state index contributed by atoms with van der Waals surface area (Å²) in [6.07, 6.45) is 0.867. The minimum absolute atomic E-state index is 0.0665. The van der Waals surface area contributed by atoms with Crippen LogP contribution in [0.5, 0.6) is 0 Å². The SMILES string of the molecule is CCN(CC)[C@H](CNC(=O)COCc1nc2ccccc2c(=O)[nH]1)Cc1ccccc1. The number of para-hydroxylation sites is 1. The van der Waals surface area contributed by atoms with Crippen molar-refractivity contribution >= 4 is 16.8 Å². The third-order valence-corrected chi connectivity index (χ3v) is 5.31. The number of nitrogens with one attached hydrogen (secondary N) is 2. The number of ether oxygens (including phenoxy) is 1. The summed E-state index contributed by atoms with van der Waals surface area (Å²) in [5, 5.41) is 3.51. The minimum atomic E-state index is -0.211. The fourth-order valence-electron chi connectivity index (χ4n) is 3.68. The van der Waals surface area contributed by atoms with Crippen molar-refractivity contribution in [1.29, 1.82) is 0 Å². The van der Waals surface area contributed by atoms with Crippen molar-refractivity contribution in [2.24, 2.45) is 0 Å². The molecule has 0 unspecified atom stereocenters. The van der Waals surface area contributed by atoms with Gasteiger partial charge in [-0.1, -0.05) is 56.3 Å². The van der Waals surface area contributed by atoms with Gasteiger partial charge in [0.25, 0.3) is 5.56 Å². The Balaban J connectivity index is 1.51. The lowest BCUT2D eigenvalue weighted by atomic mass is 10.0. The molecule has 0 aliphatic rings. The van der Waals surface area contributed by atoms with E-state index in [0.29, 0.717) is 23.3 Å². The Labute approximate surface area is 182 Å². The van der Waals surface area contributed by atoms with Gasteiger partial charge < -0.3 is 15.0 Å². The number of aromatic nitrogens is 2. The zero-order chi connectivity index (χ0) is 22.1. The average Bonchev–Trinajstić information content (AvgIpc) is 2.79. The van der Waals surface area contributed by atoms with E-state index in [2.05, 4.69) is 46.2 Å². The predicted molar refractivity (Wildman–Crippen MR) is 122 cm³/mol. The highest BCUT2D eigenvalue weighted by Gasteiger charge is 2.17. The van der Waals surface area contributed by atoms with Gasteiger partial charge in [0.2, 0.25) is 5.91 Å². The van der Waals surface area contributed by atoms with E-state index in [4.69, 9.17) is 4.74 Å². The van der Waals surface area contributed by atoms with E-state index < -0.39 is 0 Å². The molecule has 7 nitrogen and oxygen atoms in total. The number of hydrogen-bond acceptors (Lipinski definition) is 5. The van der Waals surface area contributed by atoms with Crippen molar-refractivity contribution < 1.29 is 9.53 Å². The van der Waals surface area contributed by atoms with Gasteiger partial charge in [-0.25, -0.2) is 4.98 Å². The molecule has 1 heterocycles. The molecule has 3 rings (SSSR count). The maximum Gasteiger partial charge on any atom is 0.258 e. The van der Waals surface area contributed by atoms with Crippen LogP contribution in [-0.2, 0) is 22.6 Å².